The van der Waals surface area contributed by atoms with Gasteiger partial charge in [0.2, 0.25) is 5.91 Å². The molecule has 0 saturated carbocycles. The van der Waals surface area contributed by atoms with Crippen molar-refractivity contribution in [2.45, 2.75) is 40.2 Å². The van der Waals surface area contributed by atoms with Gasteiger partial charge in [-0.25, -0.2) is 0 Å². The molecule has 1 aliphatic heterocycles. The lowest BCUT2D eigenvalue weighted by atomic mass is 9.96. The molecule has 0 radical (unpaired) electrons. The summed E-state index contributed by atoms with van der Waals surface area (Å²) in [5.41, 5.74) is 5.19. The minimum Gasteiger partial charge on any atom is -0.352 e. The number of piperidine rings is 1. The van der Waals surface area contributed by atoms with Crippen LogP contribution in [0.4, 0.5) is 0 Å². The van der Waals surface area contributed by atoms with Gasteiger partial charge in [0.1, 0.15) is 0 Å². The fourth-order valence-electron chi connectivity index (χ4n) is 3.79. The van der Waals surface area contributed by atoms with E-state index in [0.29, 0.717) is 25.2 Å². The summed E-state index contributed by atoms with van der Waals surface area (Å²) in [6.07, 6.45) is 1.69. The Morgan fingerprint density at radius 3 is 2.48 bits per heavy atom. The lowest BCUT2D eigenvalue weighted by Crippen LogP contribution is -2.45. The molecule has 2 aromatic rings. The number of carbonyl (C=O) groups is 2. The molecule has 1 atom stereocenters. The van der Waals surface area contributed by atoms with Crippen molar-refractivity contribution >= 4 is 11.8 Å². The fraction of sp³-hybridized carbons (Fsp3) is 0.391. The molecule has 0 bridgehead atoms. The number of hydrogen-bond donors (Lipinski definition) is 1. The van der Waals surface area contributed by atoms with Gasteiger partial charge in [0.15, 0.2) is 0 Å². The predicted octanol–water partition coefficient (Wildman–Crippen LogP) is 3.78. The first-order valence-corrected chi connectivity index (χ1v) is 9.64. The topological polar surface area (TPSA) is 49.4 Å². The highest BCUT2D eigenvalue weighted by atomic mass is 16.2. The van der Waals surface area contributed by atoms with Gasteiger partial charge in [-0.2, -0.15) is 0 Å². The molecule has 1 aliphatic rings. The first kappa shape index (κ1) is 19.2. The number of rotatable bonds is 4. The number of likely N-dealkylation sites (tertiary alicyclic amines) is 1. The van der Waals surface area contributed by atoms with E-state index < -0.39 is 0 Å². The zero-order valence-electron chi connectivity index (χ0n) is 16.4. The van der Waals surface area contributed by atoms with E-state index in [9.17, 15) is 9.59 Å². The molecular formula is C23H28N2O2. The predicted molar refractivity (Wildman–Crippen MR) is 108 cm³/mol. The van der Waals surface area contributed by atoms with Gasteiger partial charge in [0, 0.05) is 25.2 Å². The minimum absolute atomic E-state index is 0.0261. The van der Waals surface area contributed by atoms with Crippen LogP contribution < -0.4 is 5.32 Å². The molecule has 2 amide bonds. The summed E-state index contributed by atoms with van der Waals surface area (Å²) in [7, 11) is 0. The molecule has 142 valence electrons. The normalized spacial score (nSPS) is 16.9. The van der Waals surface area contributed by atoms with Crippen LogP contribution in [0.25, 0.3) is 0 Å². The third-order valence-corrected chi connectivity index (χ3v) is 5.26. The van der Waals surface area contributed by atoms with Gasteiger partial charge in [-0.3, -0.25) is 9.59 Å². The lowest BCUT2D eigenvalue weighted by Gasteiger charge is -2.32. The van der Waals surface area contributed by atoms with Crippen molar-refractivity contribution in [3.63, 3.8) is 0 Å². The maximum absolute atomic E-state index is 12.9. The fourth-order valence-corrected chi connectivity index (χ4v) is 3.79. The average molecular weight is 364 g/mol. The molecule has 0 spiro atoms. The molecule has 0 aliphatic carbocycles. The van der Waals surface area contributed by atoms with E-state index in [-0.39, 0.29) is 17.7 Å². The molecule has 4 heteroatoms. The molecule has 1 unspecified atom stereocenters. The molecule has 1 saturated heterocycles. The second kappa shape index (κ2) is 8.38. The van der Waals surface area contributed by atoms with Crippen LogP contribution in [-0.2, 0) is 11.3 Å². The Morgan fingerprint density at radius 2 is 1.78 bits per heavy atom. The molecule has 1 heterocycles. The zero-order chi connectivity index (χ0) is 19.4. The largest absolute Gasteiger partial charge is 0.352 e. The van der Waals surface area contributed by atoms with Crippen LogP contribution in [0.2, 0.25) is 0 Å². The summed E-state index contributed by atoms with van der Waals surface area (Å²) in [6.45, 7) is 7.79. The van der Waals surface area contributed by atoms with E-state index in [1.165, 1.54) is 5.56 Å². The van der Waals surface area contributed by atoms with Crippen LogP contribution in [-0.4, -0.2) is 29.8 Å². The Kier molecular flexibility index (Phi) is 5.94. The summed E-state index contributed by atoms with van der Waals surface area (Å²) in [6, 6.07) is 14.0. The summed E-state index contributed by atoms with van der Waals surface area (Å²) >= 11 is 0. The van der Waals surface area contributed by atoms with Crippen LogP contribution in [0.3, 0.4) is 0 Å². The molecule has 1 N–H and O–H groups in total. The highest BCUT2D eigenvalue weighted by molar-refractivity contribution is 5.95. The molecule has 3 rings (SSSR count). The van der Waals surface area contributed by atoms with E-state index in [1.807, 2.05) is 62.1 Å². The first-order chi connectivity index (χ1) is 12.9. The van der Waals surface area contributed by atoms with Gasteiger partial charge in [0.25, 0.3) is 5.91 Å². The number of carbonyl (C=O) groups excluding carboxylic acids is 2. The molecule has 2 aromatic carbocycles. The Labute approximate surface area is 161 Å². The lowest BCUT2D eigenvalue weighted by molar-refractivity contribution is -0.126. The quantitative estimate of drug-likeness (QED) is 0.897. The van der Waals surface area contributed by atoms with Gasteiger partial charge in [-0.05, 0) is 56.9 Å². The average Bonchev–Trinajstić information content (AvgIpc) is 2.66. The first-order valence-electron chi connectivity index (χ1n) is 9.64. The Balaban J connectivity index is 1.62. The molecule has 1 fully saturated rings. The maximum Gasteiger partial charge on any atom is 0.253 e. The molecule has 0 aromatic heterocycles. The Hall–Kier alpha value is -2.62. The number of benzene rings is 2. The third-order valence-electron chi connectivity index (χ3n) is 5.26. The van der Waals surface area contributed by atoms with Crippen LogP contribution in [0.5, 0.6) is 0 Å². The minimum atomic E-state index is -0.141. The van der Waals surface area contributed by atoms with E-state index in [2.05, 4.69) is 11.4 Å². The van der Waals surface area contributed by atoms with Gasteiger partial charge >= 0.3 is 0 Å². The van der Waals surface area contributed by atoms with Crippen molar-refractivity contribution in [1.29, 1.82) is 0 Å². The smallest absolute Gasteiger partial charge is 0.253 e. The highest BCUT2D eigenvalue weighted by Gasteiger charge is 2.29. The monoisotopic (exact) mass is 364 g/mol. The van der Waals surface area contributed by atoms with E-state index >= 15 is 0 Å². The number of nitrogens with zero attached hydrogens (tertiary/aromatic N) is 1. The SMILES string of the molecule is Cc1cc(C)cc(C(=O)N2CCCC(C(=O)NCc3ccccc3C)C2)c1. The van der Waals surface area contributed by atoms with Crippen molar-refractivity contribution in [2.75, 3.05) is 13.1 Å². The number of nitrogens with one attached hydrogen (secondary N) is 1. The number of hydrogen-bond acceptors (Lipinski definition) is 2. The van der Waals surface area contributed by atoms with Crippen LogP contribution in [0.1, 0.15) is 45.5 Å². The van der Waals surface area contributed by atoms with Crippen molar-refractivity contribution in [2.24, 2.45) is 5.92 Å². The summed E-state index contributed by atoms with van der Waals surface area (Å²) in [4.78, 5) is 27.4. The van der Waals surface area contributed by atoms with Crippen molar-refractivity contribution in [3.05, 3.63) is 70.3 Å². The van der Waals surface area contributed by atoms with Crippen LogP contribution in [0.15, 0.2) is 42.5 Å². The van der Waals surface area contributed by atoms with Gasteiger partial charge < -0.3 is 10.2 Å². The standard InChI is InChI=1S/C23H28N2O2/c1-16-11-17(2)13-21(12-16)23(27)25-10-6-9-20(15-25)22(26)24-14-19-8-5-4-7-18(19)3/h4-5,7-8,11-13,20H,6,9-10,14-15H2,1-3H3,(H,24,26). The summed E-state index contributed by atoms with van der Waals surface area (Å²) < 4.78 is 0. The number of amides is 2. The van der Waals surface area contributed by atoms with Gasteiger partial charge in [-0.1, -0.05) is 41.5 Å². The highest BCUT2D eigenvalue weighted by Crippen LogP contribution is 2.20. The van der Waals surface area contributed by atoms with Crippen molar-refractivity contribution in [1.82, 2.24) is 10.2 Å². The van der Waals surface area contributed by atoms with E-state index in [4.69, 9.17) is 0 Å². The Bertz CT molecular complexity index is 824. The van der Waals surface area contributed by atoms with Gasteiger partial charge in [0.05, 0.1) is 5.92 Å². The maximum atomic E-state index is 12.9. The zero-order valence-corrected chi connectivity index (χ0v) is 16.4. The Morgan fingerprint density at radius 1 is 1.07 bits per heavy atom. The van der Waals surface area contributed by atoms with E-state index in [0.717, 1.165) is 29.5 Å². The summed E-state index contributed by atoms with van der Waals surface area (Å²) in [5.74, 6) is -0.0768. The molecule has 4 nitrogen and oxygen atoms in total. The molecule has 27 heavy (non-hydrogen) atoms. The second-order valence-electron chi connectivity index (χ2n) is 7.61. The third kappa shape index (κ3) is 4.76. The summed E-state index contributed by atoms with van der Waals surface area (Å²) in [5, 5.41) is 3.05. The van der Waals surface area contributed by atoms with Crippen LogP contribution in [0, 0.1) is 26.7 Å². The van der Waals surface area contributed by atoms with Crippen molar-refractivity contribution in [3.8, 4) is 0 Å². The van der Waals surface area contributed by atoms with E-state index in [1.54, 1.807) is 0 Å². The second-order valence-corrected chi connectivity index (χ2v) is 7.61. The molecular weight excluding hydrogens is 336 g/mol. The van der Waals surface area contributed by atoms with Crippen molar-refractivity contribution < 1.29 is 9.59 Å². The number of aryl methyl sites for hydroxylation is 3. The van der Waals surface area contributed by atoms with Gasteiger partial charge in [-0.15, -0.1) is 0 Å². The van der Waals surface area contributed by atoms with Crippen LogP contribution >= 0.6 is 0 Å².